The molecule has 4 aliphatic rings. The molecule has 2 bridgehead atoms. The number of amides is 1. The van der Waals surface area contributed by atoms with Gasteiger partial charge in [-0.1, -0.05) is 55.2 Å². The number of benzene rings is 2. The number of fused-ring (bicyclic) bond motifs is 4. The number of carbonyl (C=O) groups excluding carboxylic acids is 1. The van der Waals surface area contributed by atoms with Crippen molar-refractivity contribution < 1.29 is 9.53 Å². The molecule has 3 fully saturated rings. The van der Waals surface area contributed by atoms with E-state index in [9.17, 15) is 4.79 Å². The fraction of sp³-hybridized carbons (Fsp3) is 0.500. The van der Waals surface area contributed by atoms with Gasteiger partial charge in [0.15, 0.2) is 0 Å². The molecule has 3 heterocycles. The molecule has 32 heavy (non-hydrogen) atoms. The monoisotopic (exact) mass is 472 g/mol. The van der Waals surface area contributed by atoms with E-state index in [2.05, 4.69) is 42.3 Å². The summed E-state index contributed by atoms with van der Waals surface area (Å²) in [6, 6.07) is 11.8. The first-order valence-corrected chi connectivity index (χ1v) is 12.3. The van der Waals surface area contributed by atoms with Crippen molar-refractivity contribution in [3.63, 3.8) is 0 Å². The largest absolute Gasteiger partial charge is 0.445 e. The first-order valence-electron chi connectivity index (χ1n) is 11.6. The third-order valence-electron chi connectivity index (χ3n) is 7.63. The normalized spacial score (nSPS) is 28.1. The minimum Gasteiger partial charge on any atom is -0.445 e. The second-order valence-electron chi connectivity index (χ2n) is 10.2. The number of hydrogen-bond donors (Lipinski definition) is 1. The van der Waals surface area contributed by atoms with Crippen LogP contribution in [0.4, 0.5) is 4.79 Å². The second kappa shape index (κ2) is 8.55. The summed E-state index contributed by atoms with van der Waals surface area (Å²) in [5.41, 5.74) is 4.32. The van der Waals surface area contributed by atoms with Crippen molar-refractivity contribution in [1.29, 1.82) is 0 Å². The van der Waals surface area contributed by atoms with E-state index in [0.29, 0.717) is 16.0 Å². The minimum absolute atomic E-state index is 0.0102. The number of halogens is 2. The van der Waals surface area contributed by atoms with Crippen LogP contribution in [0.3, 0.4) is 0 Å². The summed E-state index contributed by atoms with van der Waals surface area (Å²) in [6.45, 7) is 7.57. The van der Waals surface area contributed by atoms with Gasteiger partial charge in [-0.15, -0.1) is 0 Å². The Kier molecular flexibility index (Phi) is 5.90. The summed E-state index contributed by atoms with van der Waals surface area (Å²) >= 11 is 12.6. The Bertz CT molecular complexity index is 1030. The van der Waals surface area contributed by atoms with E-state index in [1.807, 2.05) is 12.1 Å². The van der Waals surface area contributed by atoms with Crippen molar-refractivity contribution in [1.82, 2.24) is 10.2 Å². The number of aryl methyl sites for hydroxylation is 1. The molecule has 0 radical (unpaired) electrons. The maximum atomic E-state index is 12.9. The van der Waals surface area contributed by atoms with E-state index in [0.717, 1.165) is 62.0 Å². The Morgan fingerprint density at radius 1 is 1.12 bits per heavy atom. The van der Waals surface area contributed by atoms with Gasteiger partial charge in [-0.3, -0.25) is 4.90 Å². The molecule has 3 aliphatic heterocycles. The van der Waals surface area contributed by atoms with Gasteiger partial charge in [-0.2, -0.15) is 0 Å². The number of ether oxygens (including phenoxy) is 1. The summed E-state index contributed by atoms with van der Waals surface area (Å²) < 4.78 is 5.93. The van der Waals surface area contributed by atoms with Crippen LogP contribution in [0, 0.1) is 11.3 Å². The molecule has 1 aliphatic carbocycles. The number of nitrogens with zero attached hydrogens (tertiary/aromatic N) is 1. The van der Waals surface area contributed by atoms with Crippen molar-refractivity contribution >= 4 is 29.3 Å². The predicted octanol–water partition coefficient (Wildman–Crippen LogP) is 6.49. The van der Waals surface area contributed by atoms with Crippen molar-refractivity contribution in [2.24, 2.45) is 11.3 Å². The molecule has 2 aromatic rings. The van der Waals surface area contributed by atoms with Crippen molar-refractivity contribution in [3.05, 3.63) is 57.6 Å². The number of carbonyl (C=O) groups is 1. The molecule has 2 aromatic carbocycles. The fourth-order valence-electron chi connectivity index (χ4n) is 5.62. The molecule has 1 N–H and O–H groups in total. The van der Waals surface area contributed by atoms with Gasteiger partial charge in [0.25, 0.3) is 0 Å². The van der Waals surface area contributed by atoms with Gasteiger partial charge in [0.1, 0.15) is 6.10 Å². The van der Waals surface area contributed by atoms with Gasteiger partial charge < -0.3 is 10.1 Å². The van der Waals surface area contributed by atoms with E-state index in [-0.39, 0.29) is 23.7 Å². The van der Waals surface area contributed by atoms with Gasteiger partial charge in [0.2, 0.25) is 0 Å². The van der Waals surface area contributed by atoms with Crippen molar-refractivity contribution in [2.45, 2.75) is 51.7 Å². The lowest BCUT2D eigenvalue weighted by molar-refractivity contribution is -0.0353. The highest BCUT2D eigenvalue weighted by Crippen LogP contribution is 2.45. The maximum absolute atomic E-state index is 12.9. The highest BCUT2D eigenvalue weighted by Gasteiger charge is 2.40. The van der Waals surface area contributed by atoms with Crippen LogP contribution in [0.25, 0.3) is 11.1 Å². The van der Waals surface area contributed by atoms with Crippen LogP contribution in [0.1, 0.15) is 50.3 Å². The number of piperidine rings is 3. The first kappa shape index (κ1) is 22.1. The van der Waals surface area contributed by atoms with Gasteiger partial charge in [-0.05, 0) is 85.0 Å². The topological polar surface area (TPSA) is 41.6 Å². The minimum atomic E-state index is -0.295. The van der Waals surface area contributed by atoms with E-state index in [4.69, 9.17) is 27.9 Å². The quantitative estimate of drug-likeness (QED) is 0.554. The van der Waals surface area contributed by atoms with Crippen molar-refractivity contribution in [3.8, 4) is 11.1 Å². The SMILES string of the molecule is CC1(C)CCc2cc(-c3cc(Cl)ccc3Cl)ccc2C1NC(=O)O[C@H]1CN2CCC1CC2. The molecule has 1 amide bonds. The summed E-state index contributed by atoms with van der Waals surface area (Å²) in [5.74, 6) is 0.502. The zero-order valence-electron chi connectivity index (χ0n) is 18.7. The Balaban J connectivity index is 1.37. The lowest BCUT2D eigenvalue weighted by atomic mass is 9.70. The van der Waals surface area contributed by atoms with E-state index < -0.39 is 0 Å². The number of alkyl carbamates (subject to hydrolysis) is 1. The Morgan fingerprint density at radius 2 is 1.91 bits per heavy atom. The van der Waals surface area contributed by atoms with Crippen LogP contribution in [-0.4, -0.2) is 36.7 Å². The molecular weight excluding hydrogens is 443 g/mol. The van der Waals surface area contributed by atoms with E-state index in [1.165, 1.54) is 5.56 Å². The highest BCUT2D eigenvalue weighted by molar-refractivity contribution is 6.35. The zero-order chi connectivity index (χ0) is 22.5. The smallest absolute Gasteiger partial charge is 0.407 e. The molecule has 1 unspecified atom stereocenters. The maximum Gasteiger partial charge on any atom is 0.407 e. The lowest BCUT2D eigenvalue weighted by Crippen LogP contribution is -2.53. The zero-order valence-corrected chi connectivity index (χ0v) is 20.2. The predicted molar refractivity (Wildman–Crippen MR) is 129 cm³/mol. The van der Waals surface area contributed by atoms with Crippen molar-refractivity contribution in [2.75, 3.05) is 19.6 Å². The average molecular weight is 473 g/mol. The first-order chi connectivity index (χ1) is 15.3. The van der Waals surface area contributed by atoms with Crippen LogP contribution >= 0.6 is 23.2 Å². The Hall–Kier alpha value is -1.75. The summed E-state index contributed by atoms with van der Waals surface area (Å²) in [5, 5.41) is 4.57. The van der Waals surface area contributed by atoms with Gasteiger partial charge in [0, 0.05) is 22.2 Å². The molecule has 0 spiro atoms. The van der Waals surface area contributed by atoms with Crippen LogP contribution < -0.4 is 5.32 Å². The third kappa shape index (κ3) is 4.25. The molecule has 6 rings (SSSR count). The summed E-state index contributed by atoms with van der Waals surface area (Å²) in [4.78, 5) is 15.3. The highest BCUT2D eigenvalue weighted by atomic mass is 35.5. The van der Waals surface area contributed by atoms with Crippen LogP contribution in [0.5, 0.6) is 0 Å². The molecule has 6 heteroatoms. The molecule has 0 aromatic heterocycles. The molecule has 0 saturated carbocycles. The Labute approximate surface area is 200 Å². The molecule has 3 saturated heterocycles. The average Bonchev–Trinajstić information content (AvgIpc) is 2.78. The molecule has 4 nitrogen and oxygen atoms in total. The number of rotatable bonds is 3. The van der Waals surface area contributed by atoms with Crippen LogP contribution in [-0.2, 0) is 11.2 Å². The molecule has 170 valence electrons. The van der Waals surface area contributed by atoms with Gasteiger partial charge in [0.05, 0.1) is 6.04 Å². The number of nitrogens with one attached hydrogen (secondary N) is 1. The van der Waals surface area contributed by atoms with Gasteiger partial charge in [-0.25, -0.2) is 4.79 Å². The second-order valence-corrected chi connectivity index (χ2v) is 11.0. The van der Waals surface area contributed by atoms with E-state index >= 15 is 0 Å². The van der Waals surface area contributed by atoms with Crippen LogP contribution in [0.2, 0.25) is 10.0 Å². The lowest BCUT2D eigenvalue weighted by Gasteiger charge is -2.44. The van der Waals surface area contributed by atoms with E-state index in [1.54, 1.807) is 6.07 Å². The Morgan fingerprint density at radius 3 is 2.62 bits per heavy atom. The molecule has 2 atom stereocenters. The molecular formula is C26H30Cl2N2O2. The standard InChI is InChI=1S/C26H30Cl2N2O2/c1-26(2)10-7-18-13-17(21-14-19(27)4-6-22(21)28)3-5-20(18)24(26)29-25(31)32-23-15-30-11-8-16(23)9-12-30/h3-6,13-14,16,23-24H,7-12,15H2,1-2H3,(H,29,31)/t23-,24?/m0/s1. The summed E-state index contributed by atoms with van der Waals surface area (Å²) in [6.07, 6.45) is 3.92. The van der Waals surface area contributed by atoms with Gasteiger partial charge >= 0.3 is 6.09 Å². The van der Waals surface area contributed by atoms with Crippen LogP contribution in [0.15, 0.2) is 36.4 Å². The number of hydrogen-bond acceptors (Lipinski definition) is 3. The third-order valence-corrected chi connectivity index (χ3v) is 8.19. The fourth-order valence-corrected chi connectivity index (χ4v) is 6.02. The summed E-state index contributed by atoms with van der Waals surface area (Å²) in [7, 11) is 0.